The second-order valence-electron chi connectivity index (χ2n) is 7.90. The van der Waals surface area contributed by atoms with Crippen molar-refractivity contribution in [1.82, 2.24) is 0 Å². The Morgan fingerprint density at radius 2 is 1.41 bits per heavy atom. The molecule has 0 heterocycles. The highest BCUT2D eigenvalue weighted by molar-refractivity contribution is 6.83. The van der Waals surface area contributed by atoms with E-state index in [4.69, 9.17) is 4.43 Å². The zero-order valence-electron chi connectivity index (χ0n) is 15.9. The van der Waals surface area contributed by atoms with E-state index in [-0.39, 0.29) is 11.3 Å². The fraction of sp³-hybridized carbons (Fsp3) is 0.500. The summed E-state index contributed by atoms with van der Waals surface area (Å²) >= 11 is 0. The van der Waals surface area contributed by atoms with Gasteiger partial charge in [-0.05, 0) is 31.8 Å². The molecule has 0 aliphatic rings. The minimum Gasteiger partial charge on any atom is -0.516 e. The lowest BCUT2D eigenvalue weighted by Gasteiger charge is -2.37. The maximum absolute atomic E-state index is 13.8. The van der Waals surface area contributed by atoms with Gasteiger partial charge in [0.2, 0.25) is 8.32 Å². The lowest BCUT2D eigenvalue weighted by molar-refractivity contribution is -0.268. The van der Waals surface area contributed by atoms with Crippen LogP contribution in [0, 0.1) is 0 Å². The lowest BCUT2D eigenvalue weighted by atomic mass is 10.1. The first-order chi connectivity index (χ1) is 11.9. The Kier molecular flexibility index (Phi) is 6.33. The summed E-state index contributed by atoms with van der Waals surface area (Å²) in [6, 6.07) is 5.18. The number of carbonyl (C=O) groups is 2. The Labute approximate surface area is 156 Å². The fourth-order valence-corrected chi connectivity index (χ4v) is 4.54. The van der Waals surface area contributed by atoms with Crippen molar-refractivity contribution in [3.8, 4) is 0 Å². The second-order valence-corrected chi connectivity index (χ2v) is 17.1. The summed E-state index contributed by atoms with van der Waals surface area (Å²) in [7, 11) is -5.48. The molecule has 4 nitrogen and oxygen atoms in total. The van der Waals surface area contributed by atoms with E-state index in [0.717, 1.165) is 0 Å². The first-order valence-corrected chi connectivity index (χ1v) is 14.9. The Balaban J connectivity index is 3.57. The van der Waals surface area contributed by atoms with E-state index in [0.29, 0.717) is 4.57 Å². The molecule has 1 aromatic carbocycles. The van der Waals surface area contributed by atoms with Crippen LogP contribution in [0.4, 0.5) is 27.6 Å². The van der Waals surface area contributed by atoms with Crippen LogP contribution in [-0.4, -0.2) is 40.5 Å². The third-order valence-corrected chi connectivity index (χ3v) is 5.85. The summed E-state index contributed by atoms with van der Waals surface area (Å²) in [5, 5.41) is 0. The first kappa shape index (κ1) is 23.3. The third-order valence-electron chi connectivity index (χ3n) is 3.26. The molecular weight excluding hydrogens is 405 g/mol. The van der Waals surface area contributed by atoms with Gasteiger partial charge in [-0.25, -0.2) is 4.79 Å². The van der Waals surface area contributed by atoms with Gasteiger partial charge >= 0.3 is 18.1 Å². The van der Waals surface area contributed by atoms with Gasteiger partial charge in [-0.15, -0.1) is 0 Å². The maximum atomic E-state index is 13.8. The molecule has 0 aromatic heterocycles. The van der Waals surface area contributed by atoms with E-state index in [9.17, 15) is 31.5 Å². The number of rotatable bonds is 5. The van der Waals surface area contributed by atoms with E-state index in [1.807, 2.05) is 0 Å². The van der Waals surface area contributed by atoms with E-state index < -0.39 is 40.5 Å². The SMILES string of the molecule is C[Si](C)(C)OC(=O)c1ccccc1N(C(=O)C(F)(F)C(F)(F)F)[Si](C)(C)C. The zero-order chi connectivity index (χ0) is 21.4. The molecule has 0 bridgehead atoms. The summed E-state index contributed by atoms with van der Waals surface area (Å²) in [6.45, 7) is 9.43. The van der Waals surface area contributed by atoms with Crippen LogP contribution in [0.3, 0.4) is 0 Å². The van der Waals surface area contributed by atoms with Gasteiger partial charge in [-0.1, -0.05) is 31.8 Å². The predicted octanol–water partition coefficient (Wildman–Crippen LogP) is 5.04. The molecule has 0 spiro atoms. The number of amides is 1. The molecule has 0 aliphatic carbocycles. The van der Waals surface area contributed by atoms with Gasteiger partial charge in [0.15, 0.2) is 8.24 Å². The topological polar surface area (TPSA) is 46.6 Å². The Morgan fingerprint density at radius 1 is 0.926 bits per heavy atom. The highest BCUT2D eigenvalue weighted by Crippen LogP contribution is 2.40. The third kappa shape index (κ3) is 5.37. The molecule has 0 unspecified atom stereocenters. The Morgan fingerprint density at radius 3 is 1.81 bits per heavy atom. The largest absolute Gasteiger partial charge is 0.516 e. The number of carbonyl (C=O) groups excluding carboxylic acids is 2. The Bertz CT molecular complexity index is 724. The minimum atomic E-state index is -6.05. The van der Waals surface area contributed by atoms with Gasteiger partial charge < -0.3 is 8.99 Å². The van der Waals surface area contributed by atoms with Gasteiger partial charge in [0, 0.05) is 5.69 Å². The van der Waals surface area contributed by atoms with Crippen LogP contribution in [0.15, 0.2) is 24.3 Å². The van der Waals surface area contributed by atoms with E-state index in [2.05, 4.69) is 0 Å². The van der Waals surface area contributed by atoms with Gasteiger partial charge in [0.25, 0.3) is 5.91 Å². The first-order valence-electron chi connectivity index (χ1n) is 8.01. The number of para-hydroxylation sites is 1. The number of halogens is 5. The van der Waals surface area contributed by atoms with E-state index in [1.54, 1.807) is 19.6 Å². The smallest absolute Gasteiger partial charge is 0.463 e. The average molecular weight is 428 g/mol. The molecule has 0 aliphatic heterocycles. The zero-order valence-corrected chi connectivity index (χ0v) is 17.9. The molecule has 0 saturated carbocycles. The van der Waals surface area contributed by atoms with Gasteiger partial charge in [0.05, 0.1) is 5.56 Å². The quantitative estimate of drug-likeness (QED) is 0.488. The Hall–Kier alpha value is -1.76. The van der Waals surface area contributed by atoms with Crippen molar-refractivity contribution < 1.29 is 36.0 Å². The molecule has 0 atom stereocenters. The number of anilines is 1. The van der Waals surface area contributed by atoms with Gasteiger partial charge in [0.1, 0.15) is 0 Å². The minimum absolute atomic E-state index is 0.228. The normalized spacial score (nSPS) is 13.3. The molecule has 1 aromatic rings. The fourth-order valence-electron chi connectivity index (χ4n) is 2.21. The summed E-state index contributed by atoms with van der Waals surface area (Å²) in [4.78, 5) is 24.7. The maximum Gasteiger partial charge on any atom is 0.463 e. The molecule has 152 valence electrons. The lowest BCUT2D eigenvalue weighted by Crippen LogP contribution is -2.60. The number of alkyl halides is 5. The molecule has 0 N–H and O–H groups in total. The van der Waals surface area contributed by atoms with Crippen LogP contribution < -0.4 is 4.57 Å². The molecule has 0 radical (unpaired) electrons. The standard InChI is InChI=1S/C16H22F5NO3Si2/c1-26(2,3)22(14(24)15(17,18)16(19,20)21)12-10-8-7-9-11(12)13(23)25-27(4,5)6/h7-10H,1-6H3. The number of nitrogens with zero attached hydrogens (tertiary/aromatic N) is 1. The van der Waals surface area contributed by atoms with Crippen LogP contribution in [-0.2, 0) is 9.22 Å². The summed E-state index contributed by atoms with van der Waals surface area (Å²) in [5.74, 6) is -8.85. The molecular formula is C16H22F5NO3Si2. The van der Waals surface area contributed by atoms with Crippen molar-refractivity contribution in [2.45, 2.75) is 51.4 Å². The summed E-state index contributed by atoms with van der Waals surface area (Å²) < 4.78 is 71.6. The molecule has 27 heavy (non-hydrogen) atoms. The van der Waals surface area contributed by atoms with Gasteiger partial charge in [-0.3, -0.25) is 4.79 Å². The van der Waals surface area contributed by atoms with E-state index in [1.165, 1.54) is 43.9 Å². The molecule has 1 amide bonds. The van der Waals surface area contributed by atoms with Crippen LogP contribution in [0.5, 0.6) is 0 Å². The summed E-state index contributed by atoms with van der Waals surface area (Å²) in [5.41, 5.74) is -0.539. The van der Waals surface area contributed by atoms with Crippen molar-refractivity contribution in [1.29, 1.82) is 0 Å². The monoisotopic (exact) mass is 427 g/mol. The second kappa shape index (κ2) is 7.34. The highest BCUT2D eigenvalue weighted by Gasteiger charge is 2.65. The number of benzene rings is 1. The van der Waals surface area contributed by atoms with Crippen LogP contribution in [0.25, 0.3) is 0 Å². The number of hydrogen-bond acceptors (Lipinski definition) is 3. The highest BCUT2D eigenvalue weighted by atomic mass is 28.4. The average Bonchev–Trinajstić information content (AvgIpc) is 2.43. The van der Waals surface area contributed by atoms with E-state index >= 15 is 0 Å². The molecule has 1 rings (SSSR count). The van der Waals surface area contributed by atoms with Crippen molar-refractivity contribution >= 4 is 34.1 Å². The number of hydrogen-bond donors (Lipinski definition) is 0. The van der Waals surface area contributed by atoms with Crippen LogP contribution >= 0.6 is 0 Å². The molecule has 0 fully saturated rings. The van der Waals surface area contributed by atoms with Crippen molar-refractivity contribution in [3.63, 3.8) is 0 Å². The van der Waals surface area contributed by atoms with Crippen molar-refractivity contribution in [3.05, 3.63) is 29.8 Å². The van der Waals surface area contributed by atoms with Crippen molar-refractivity contribution in [2.24, 2.45) is 0 Å². The van der Waals surface area contributed by atoms with Crippen LogP contribution in [0.2, 0.25) is 39.3 Å². The van der Waals surface area contributed by atoms with Crippen molar-refractivity contribution in [2.75, 3.05) is 4.57 Å². The summed E-state index contributed by atoms with van der Waals surface area (Å²) in [6.07, 6.45) is -6.05. The van der Waals surface area contributed by atoms with Gasteiger partial charge in [-0.2, -0.15) is 22.0 Å². The predicted molar refractivity (Wildman–Crippen MR) is 97.0 cm³/mol. The molecule has 11 heteroatoms. The van der Waals surface area contributed by atoms with Crippen LogP contribution in [0.1, 0.15) is 10.4 Å². The molecule has 0 saturated heterocycles.